The molecule has 340 valence electrons. The molecular weight excluding hydrogens is 887 g/mol. The van der Waals surface area contributed by atoms with Crippen molar-refractivity contribution in [3.05, 3.63) is 294 Å². The maximum absolute atomic E-state index is 7.32. The highest BCUT2D eigenvalue weighted by atomic mass is 16.3. The molecule has 2 heterocycles. The normalized spacial score (nSPS) is 13.2. The summed E-state index contributed by atoms with van der Waals surface area (Å²) >= 11 is 0. The number of hydrogen-bond acceptors (Lipinski definition) is 3. The van der Waals surface area contributed by atoms with Crippen LogP contribution in [0.2, 0.25) is 0 Å². The van der Waals surface area contributed by atoms with Crippen molar-refractivity contribution in [3.63, 3.8) is 0 Å². The predicted octanol–water partition coefficient (Wildman–Crippen LogP) is 18.8. The Hall–Kier alpha value is -9.44. The monoisotopic (exact) mass is 929 g/mol. The summed E-state index contributed by atoms with van der Waals surface area (Å²) in [5, 5.41) is 9.03. The summed E-state index contributed by atoms with van der Waals surface area (Å²) in [5.41, 5.74) is 19.8. The number of para-hydroxylation sites is 4. The van der Waals surface area contributed by atoms with Crippen LogP contribution in [0.5, 0.6) is 0 Å². The summed E-state index contributed by atoms with van der Waals surface area (Å²) in [6, 6.07) is 93.5. The quantitative estimate of drug-likeness (QED) is 0.156. The first-order valence-corrected chi connectivity index (χ1v) is 25.3. The minimum absolute atomic E-state index is 0.000720. The molecule has 0 radical (unpaired) electrons. The van der Waals surface area contributed by atoms with Crippen molar-refractivity contribution >= 4 is 82.5 Å². The first-order valence-electron chi connectivity index (χ1n) is 25.3. The van der Waals surface area contributed by atoms with Crippen molar-refractivity contribution in [1.29, 1.82) is 0 Å². The summed E-state index contributed by atoms with van der Waals surface area (Å²) in [6.07, 6.45) is 0. The van der Waals surface area contributed by atoms with Crippen LogP contribution < -0.4 is 4.90 Å². The highest BCUT2D eigenvalue weighted by Gasteiger charge is 2.54. The molecule has 0 N–H and O–H groups in total. The lowest BCUT2D eigenvalue weighted by Crippen LogP contribution is -2.26. The van der Waals surface area contributed by atoms with Gasteiger partial charge in [0.15, 0.2) is 0 Å². The Balaban J connectivity index is 1.14. The highest BCUT2D eigenvalue weighted by Crippen LogP contribution is 2.68. The molecule has 0 saturated carbocycles. The third kappa shape index (κ3) is 5.48. The van der Waals surface area contributed by atoms with Crippen molar-refractivity contribution < 1.29 is 8.83 Å². The van der Waals surface area contributed by atoms with E-state index in [2.05, 4.69) is 260 Å². The van der Waals surface area contributed by atoms with Crippen LogP contribution in [0.25, 0.3) is 87.7 Å². The van der Waals surface area contributed by atoms with Crippen LogP contribution in [0.3, 0.4) is 0 Å². The third-order valence-electron chi connectivity index (χ3n) is 16.1. The van der Waals surface area contributed by atoms with Crippen molar-refractivity contribution in [2.45, 2.75) is 11.3 Å². The van der Waals surface area contributed by atoms with E-state index in [-0.39, 0.29) is 5.92 Å². The number of benzene rings is 12. The number of rotatable bonds is 6. The van der Waals surface area contributed by atoms with E-state index in [9.17, 15) is 0 Å². The molecule has 0 aliphatic heterocycles. The average Bonchev–Trinajstić information content (AvgIpc) is 4.34. The summed E-state index contributed by atoms with van der Waals surface area (Å²) in [4.78, 5) is 2.47. The van der Waals surface area contributed by atoms with E-state index in [1.807, 2.05) is 0 Å². The summed E-state index contributed by atoms with van der Waals surface area (Å²) in [5.74, 6) is -0.000720. The van der Waals surface area contributed by atoms with E-state index in [0.29, 0.717) is 0 Å². The van der Waals surface area contributed by atoms with Gasteiger partial charge in [-0.05, 0) is 133 Å². The molecule has 2 aliphatic carbocycles. The van der Waals surface area contributed by atoms with Gasteiger partial charge in [-0.1, -0.05) is 194 Å². The SMILES string of the molecule is c1ccc(C(c2ccccc2)c2ccc3c4c(c5c6ccccc6oc5c3c2)-c2c(cc(N(c3ccccc3)c3ccccc3)c3c2ccc2oc5ccccc5c23)C42c3ccccc3-c3ccccc32)cc1. The van der Waals surface area contributed by atoms with Crippen molar-refractivity contribution in [2.24, 2.45) is 0 Å². The maximum Gasteiger partial charge on any atom is 0.143 e. The zero-order valence-electron chi connectivity index (χ0n) is 39.6. The molecule has 1 spiro atoms. The van der Waals surface area contributed by atoms with E-state index in [0.717, 1.165) is 71.7 Å². The molecule has 3 heteroatoms. The standard InChI is InChI=1S/C70H43NO2/c1-5-21-43(22-6-1)62(44-23-7-2-8-24-44)45-37-38-50-54(41-45)69-66(52-32-16-20-36-60(52)73-69)67-63-53-39-40-61-65(51-31-15-19-35-59(51)72-61)64(53)58(71(46-25-9-3-10-26-46)47-27-11-4-12-28-47)42-57(63)70(68(50)67)55-33-17-13-29-48(55)49-30-14-18-34-56(49)70/h1-42,62H. The van der Waals surface area contributed by atoms with Gasteiger partial charge in [-0.15, -0.1) is 0 Å². The molecule has 0 bridgehead atoms. The second-order valence-electron chi connectivity index (χ2n) is 19.7. The molecule has 0 atom stereocenters. The smallest absolute Gasteiger partial charge is 0.143 e. The van der Waals surface area contributed by atoms with Gasteiger partial charge in [0.25, 0.3) is 0 Å². The lowest BCUT2D eigenvalue weighted by atomic mass is 9.68. The van der Waals surface area contributed by atoms with Crippen LogP contribution in [0.1, 0.15) is 44.9 Å². The minimum Gasteiger partial charge on any atom is -0.456 e. The number of nitrogens with zero attached hydrogens (tertiary/aromatic N) is 1. The van der Waals surface area contributed by atoms with E-state index in [1.54, 1.807) is 0 Å². The predicted molar refractivity (Wildman–Crippen MR) is 301 cm³/mol. The van der Waals surface area contributed by atoms with Gasteiger partial charge in [0.2, 0.25) is 0 Å². The molecule has 0 fully saturated rings. The number of fused-ring (bicyclic) bond motifs is 23. The fraction of sp³-hybridized carbons (Fsp3) is 0.0286. The zero-order chi connectivity index (χ0) is 47.8. The van der Waals surface area contributed by atoms with Gasteiger partial charge in [-0.2, -0.15) is 0 Å². The highest BCUT2D eigenvalue weighted by molar-refractivity contribution is 6.32. The van der Waals surface area contributed by atoms with Crippen molar-refractivity contribution in [2.75, 3.05) is 4.90 Å². The molecule has 2 aromatic heterocycles. The average molecular weight is 930 g/mol. The van der Waals surface area contributed by atoms with Gasteiger partial charge in [0.1, 0.15) is 22.3 Å². The minimum atomic E-state index is -0.738. The fourth-order valence-corrected chi connectivity index (χ4v) is 13.4. The van der Waals surface area contributed by atoms with Gasteiger partial charge in [0.05, 0.1) is 11.1 Å². The lowest BCUT2D eigenvalue weighted by Gasteiger charge is -2.33. The molecule has 73 heavy (non-hydrogen) atoms. The molecule has 14 aromatic rings. The number of hydrogen-bond donors (Lipinski definition) is 0. The molecule has 0 unspecified atom stereocenters. The van der Waals surface area contributed by atoms with Crippen LogP contribution in [0.4, 0.5) is 17.1 Å². The van der Waals surface area contributed by atoms with Gasteiger partial charge in [-0.3, -0.25) is 0 Å². The summed E-state index contributed by atoms with van der Waals surface area (Å²) in [6.45, 7) is 0. The molecule has 16 rings (SSSR count). The van der Waals surface area contributed by atoms with Crippen LogP contribution in [0.15, 0.2) is 264 Å². The van der Waals surface area contributed by atoms with Gasteiger partial charge < -0.3 is 13.7 Å². The van der Waals surface area contributed by atoms with E-state index in [4.69, 9.17) is 8.83 Å². The Bertz CT molecular complexity index is 4430. The molecule has 0 saturated heterocycles. The summed E-state index contributed by atoms with van der Waals surface area (Å²) < 4.78 is 14.1. The molecule has 0 amide bonds. The van der Waals surface area contributed by atoms with Crippen molar-refractivity contribution in [3.8, 4) is 22.3 Å². The zero-order valence-corrected chi connectivity index (χ0v) is 39.6. The summed E-state index contributed by atoms with van der Waals surface area (Å²) in [7, 11) is 0. The molecule has 3 nitrogen and oxygen atoms in total. The Labute approximate surface area is 421 Å². The first-order chi connectivity index (χ1) is 36.3. The van der Waals surface area contributed by atoms with E-state index >= 15 is 0 Å². The maximum atomic E-state index is 7.32. The third-order valence-corrected chi connectivity index (χ3v) is 16.1. The Morgan fingerprint density at radius 1 is 0.329 bits per heavy atom. The second-order valence-corrected chi connectivity index (χ2v) is 19.7. The van der Waals surface area contributed by atoms with E-state index < -0.39 is 5.41 Å². The second kappa shape index (κ2) is 15.3. The van der Waals surface area contributed by atoms with Gasteiger partial charge in [0, 0.05) is 49.6 Å². The van der Waals surface area contributed by atoms with Gasteiger partial charge >= 0.3 is 0 Å². The lowest BCUT2D eigenvalue weighted by molar-refractivity contribution is 0.669. The number of furan rings is 2. The largest absolute Gasteiger partial charge is 0.456 e. The van der Waals surface area contributed by atoms with Crippen molar-refractivity contribution in [1.82, 2.24) is 0 Å². The van der Waals surface area contributed by atoms with Gasteiger partial charge in [-0.25, -0.2) is 0 Å². The number of anilines is 3. The topological polar surface area (TPSA) is 29.5 Å². The Kier molecular flexibility index (Phi) is 8.44. The van der Waals surface area contributed by atoms with Crippen LogP contribution >= 0.6 is 0 Å². The fourth-order valence-electron chi connectivity index (χ4n) is 13.4. The molecule has 2 aliphatic rings. The molecular formula is C70H43NO2. The van der Waals surface area contributed by atoms with Crippen LogP contribution in [-0.4, -0.2) is 0 Å². The Morgan fingerprint density at radius 2 is 0.849 bits per heavy atom. The first kappa shape index (κ1) is 40.3. The molecule has 12 aromatic carbocycles. The van der Waals surface area contributed by atoms with E-state index in [1.165, 1.54) is 72.0 Å². The van der Waals surface area contributed by atoms with Crippen LogP contribution in [-0.2, 0) is 5.41 Å². The van der Waals surface area contributed by atoms with Crippen LogP contribution in [0, 0.1) is 0 Å². The Morgan fingerprint density at radius 3 is 1.48 bits per heavy atom.